The summed E-state index contributed by atoms with van der Waals surface area (Å²) in [6.07, 6.45) is 0.778. The van der Waals surface area contributed by atoms with E-state index in [1.807, 2.05) is 78.9 Å². The summed E-state index contributed by atoms with van der Waals surface area (Å²) in [6, 6.07) is 34.1. The summed E-state index contributed by atoms with van der Waals surface area (Å²) in [5.41, 5.74) is 2.85. The highest BCUT2D eigenvalue weighted by atomic mass is 32.2. The van der Waals surface area contributed by atoms with Gasteiger partial charge in [0.2, 0.25) is 5.91 Å². The molecule has 0 radical (unpaired) electrons. The number of amides is 2. The van der Waals surface area contributed by atoms with Crippen molar-refractivity contribution in [2.45, 2.75) is 30.3 Å². The molecule has 0 aliphatic carbocycles. The minimum atomic E-state index is -3.96. The molecule has 0 saturated carbocycles. The third kappa shape index (κ3) is 10.3. The topological polar surface area (TPSA) is 123 Å². The van der Waals surface area contributed by atoms with Gasteiger partial charge in [0.05, 0.1) is 19.1 Å². The first-order chi connectivity index (χ1) is 25.1. The van der Waals surface area contributed by atoms with Crippen LogP contribution in [-0.4, -0.2) is 58.5 Å². The number of rotatable bonds is 17. The van der Waals surface area contributed by atoms with Gasteiger partial charge in [-0.25, -0.2) is 12.8 Å². The predicted octanol–water partition coefficient (Wildman–Crippen LogP) is 6.02. The SMILES string of the molecule is COc1ccc(CCNC(=O)[C@@H](Cc2ccccc2)N(Cc2ccccc2)C(=O)COc2ccc(S(=O)(=O)Nc3ccc(F)cc3)cc2)cc1OC. The van der Waals surface area contributed by atoms with Crippen molar-refractivity contribution in [2.75, 3.05) is 32.1 Å². The molecular formula is C40H40FN3O7S. The number of carbonyl (C=O) groups is 2. The maximum atomic E-state index is 14.0. The molecule has 5 rings (SSSR count). The van der Waals surface area contributed by atoms with Crippen LogP contribution in [0.25, 0.3) is 0 Å². The lowest BCUT2D eigenvalue weighted by atomic mass is 10.0. The van der Waals surface area contributed by atoms with Gasteiger partial charge in [-0.15, -0.1) is 0 Å². The summed E-state index contributed by atoms with van der Waals surface area (Å²) in [5.74, 6) is 0.208. The van der Waals surface area contributed by atoms with Crippen LogP contribution >= 0.6 is 0 Å². The number of nitrogens with zero attached hydrogens (tertiary/aromatic N) is 1. The summed E-state index contributed by atoms with van der Waals surface area (Å²) in [7, 11) is -0.833. The first-order valence-electron chi connectivity index (χ1n) is 16.5. The predicted molar refractivity (Wildman–Crippen MR) is 196 cm³/mol. The molecule has 0 aliphatic heterocycles. The number of anilines is 1. The number of sulfonamides is 1. The van der Waals surface area contributed by atoms with Gasteiger partial charge in [-0.3, -0.25) is 14.3 Å². The second kappa shape index (κ2) is 17.9. The van der Waals surface area contributed by atoms with Crippen LogP contribution in [0.15, 0.2) is 132 Å². The van der Waals surface area contributed by atoms with Crippen molar-refractivity contribution in [1.29, 1.82) is 0 Å². The zero-order valence-corrected chi connectivity index (χ0v) is 29.6. The third-order valence-electron chi connectivity index (χ3n) is 8.22. The van der Waals surface area contributed by atoms with E-state index in [1.165, 1.54) is 41.3 Å². The fourth-order valence-electron chi connectivity index (χ4n) is 5.49. The van der Waals surface area contributed by atoms with Crippen LogP contribution in [0, 0.1) is 5.82 Å². The van der Waals surface area contributed by atoms with Gasteiger partial charge < -0.3 is 24.4 Å². The van der Waals surface area contributed by atoms with Crippen LogP contribution in [-0.2, 0) is 39.0 Å². The van der Waals surface area contributed by atoms with Gasteiger partial charge in [0.25, 0.3) is 15.9 Å². The number of hydrogen-bond acceptors (Lipinski definition) is 7. The van der Waals surface area contributed by atoms with E-state index in [9.17, 15) is 22.4 Å². The Morgan fingerprint density at radius 1 is 0.750 bits per heavy atom. The number of halogens is 1. The summed E-state index contributed by atoms with van der Waals surface area (Å²) < 4.78 is 58.0. The van der Waals surface area contributed by atoms with Crippen molar-refractivity contribution in [3.8, 4) is 17.2 Å². The molecule has 270 valence electrons. The van der Waals surface area contributed by atoms with Gasteiger partial charge in [0.15, 0.2) is 18.1 Å². The zero-order chi connectivity index (χ0) is 36.9. The fraction of sp³-hybridized carbons (Fsp3) is 0.200. The van der Waals surface area contributed by atoms with E-state index in [4.69, 9.17) is 14.2 Å². The largest absolute Gasteiger partial charge is 0.493 e. The average Bonchev–Trinajstić information content (AvgIpc) is 3.17. The number of hydrogen-bond donors (Lipinski definition) is 2. The molecule has 2 N–H and O–H groups in total. The number of methoxy groups -OCH3 is 2. The van der Waals surface area contributed by atoms with E-state index < -0.39 is 34.4 Å². The Morgan fingerprint density at radius 3 is 2.02 bits per heavy atom. The van der Waals surface area contributed by atoms with E-state index in [-0.39, 0.29) is 35.2 Å². The first kappa shape index (κ1) is 37.4. The second-order valence-electron chi connectivity index (χ2n) is 11.8. The molecule has 0 aliphatic rings. The lowest BCUT2D eigenvalue weighted by Gasteiger charge is -2.31. The Balaban J connectivity index is 1.32. The molecule has 5 aromatic rings. The first-order valence-corrected chi connectivity index (χ1v) is 18.0. The number of nitrogens with one attached hydrogen (secondary N) is 2. The summed E-state index contributed by atoms with van der Waals surface area (Å²) in [4.78, 5) is 29.4. The number of benzene rings is 5. The number of ether oxygens (including phenoxy) is 3. The van der Waals surface area contributed by atoms with Crippen molar-refractivity contribution < 1.29 is 36.6 Å². The lowest BCUT2D eigenvalue weighted by molar-refractivity contribution is -0.142. The second-order valence-corrected chi connectivity index (χ2v) is 13.5. The Labute approximate surface area is 303 Å². The van der Waals surface area contributed by atoms with Gasteiger partial charge in [0.1, 0.15) is 17.6 Å². The molecule has 0 aromatic heterocycles. The quantitative estimate of drug-likeness (QED) is 0.120. The van der Waals surface area contributed by atoms with E-state index >= 15 is 0 Å². The van der Waals surface area contributed by atoms with Crippen LogP contribution < -0.4 is 24.2 Å². The Morgan fingerprint density at radius 2 is 1.38 bits per heavy atom. The molecule has 0 unspecified atom stereocenters. The van der Waals surface area contributed by atoms with Crippen molar-refractivity contribution in [3.05, 3.63) is 150 Å². The van der Waals surface area contributed by atoms with Gasteiger partial charge in [-0.2, -0.15) is 0 Å². The highest BCUT2D eigenvalue weighted by Crippen LogP contribution is 2.28. The Bertz CT molecular complexity index is 2030. The van der Waals surface area contributed by atoms with Crippen LogP contribution in [0.2, 0.25) is 0 Å². The average molecular weight is 726 g/mol. The molecule has 12 heteroatoms. The molecule has 1 atom stereocenters. The third-order valence-corrected chi connectivity index (χ3v) is 9.62. The van der Waals surface area contributed by atoms with Crippen molar-refractivity contribution in [3.63, 3.8) is 0 Å². The zero-order valence-electron chi connectivity index (χ0n) is 28.8. The summed E-state index contributed by atoms with van der Waals surface area (Å²) in [6.45, 7) is 0.0571. The molecule has 0 heterocycles. The molecule has 2 amide bonds. The Kier molecular flexibility index (Phi) is 12.8. The van der Waals surface area contributed by atoms with Gasteiger partial charge in [-0.05, 0) is 83.8 Å². The molecule has 0 bridgehead atoms. The molecule has 5 aromatic carbocycles. The highest BCUT2D eigenvalue weighted by Gasteiger charge is 2.30. The van der Waals surface area contributed by atoms with Crippen molar-refractivity contribution >= 4 is 27.5 Å². The Hall–Kier alpha value is -5.88. The van der Waals surface area contributed by atoms with Crippen molar-refractivity contribution in [1.82, 2.24) is 10.2 Å². The molecule has 10 nitrogen and oxygen atoms in total. The maximum absolute atomic E-state index is 14.0. The minimum Gasteiger partial charge on any atom is -0.493 e. The highest BCUT2D eigenvalue weighted by molar-refractivity contribution is 7.92. The minimum absolute atomic E-state index is 0.0473. The fourth-order valence-corrected chi connectivity index (χ4v) is 6.55. The van der Waals surface area contributed by atoms with Crippen molar-refractivity contribution in [2.24, 2.45) is 0 Å². The van der Waals surface area contributed by atoms with Gasteiger partial charge >= 0.3 is 0 Å². The van der Waals surface area contributed by atoms with Crippen LogP contribution in [0.3, 0.4) is 0 Å². The summed E-state index contributed by atoms with van der Waals surface area (Å²) in [5, 5.41) is 3.03. The van der Waals surface area contributed by atoms with Crippen LogP contribution in [0.1, 0.15) is 16.7 Å². The lowest BCUT2D eigenvalue weighted by Crippen LogP contribution is -2.52. The smallest absolute Gasteiger partial charge is 0.261 e. The van der Waals surface area contributed by atoms with Crippen LogP contribution in [0.5, 0.6) is 17.2 Å². The van der Waals surface area contributed by atoms with Gasteiger partial charge in [0, 0.05) is 25.2 Å². The van der Waals surface area contributed by atoms with Crippen LogP contribution in [0.4, 0.5) is 10.1 Å². The van der Waals surface area contributed by atoms with E-state index in [1.54, 1.807) is 14.2 Å². The molecule has 0 fully saturated rings. The van der Waals surface area contributed by atoms with Gasteiger partial charge in [-0.1, -0.05) is 66.7 Å². The monoisotopic (exact) mass is 725 g/mol. The normalized spacial score (nSPS) is 11.6. The molecule has 52 heavy (non-hydrogen) atoms. The summed E-state index contributed by atoms with van der Waals surface area (Å²) >= 11 is 0. The maximum Gasteiger partial charge on any atom is 0.261 e. The standard InChI is InChI=1S/C40H40FN3O7S/c1-49-37-22-13-30(26-38(37)50-2)23-24-42-40(46)36(25-29-9-5-3-6-10-29)44(27-31-11-7-4-8-12-31)39(45)28-51-34-18-20-35(21-19-34)52(47,48)43-33-16-14-32(41)15-17-33/h3-22,26,36,43H,23-25,27-28H2,1-2H3,(H,42,46)/t36-/m1/s1. The molecule has 0 spiro atoms. The van der Waals surface area contributed by atoms with E-state index in [0.717, 1.165) is 28.8 Å². The van der Waals surface area contributed by atoms with E-state index in [0.29, 0.717) is 24.5 Å². The van der Waals surface area contributed by atoms with E-state index in [2.05, 4.69) is 10.0 Å². The number of carbonyl (C=O) groups excluding carboxylic acids is 2. The molecule has 0 saturated heterocycles. The molecular weight excluding hydrogens is 686 g/mol.